The van der Waals surface area contributed by atoms with Crippen molar-refractivity contribution in [2.45, 2.75) is 33.4 Å². The lowest BCUT2D eigenvalue weighted by Crippen LogP contribution is -2.24. The molecule has 0 aliphatic carbocycles. The molecule has 8 nitrogen and oxygen atoms in total. The first-order chi connectivity index (χ1) is 10.9. The van der Waals surface area contributed by atoms with Crippen LogP contribution in [-0.4, -0.2) is 38.5 Å². The van der Waals surface area contributed by atoms with Crippen LogP contribution in [0, 0.1) is 6.92 Å². The fourth-order valence-electron chi connectivity index (χ4n) is 1.94. The first-order valence-electron chi connectivity index (χ1n) is 7.05. The van der Waals surface area contributed by atoms with Gasteiger partial charge in [0.15, 0.2) is 5.69 Å². The molecule has 0 saturated heterocycles. The normalized spacial score (nSPS) is 12.0. The maximum Gasteiger partial charge on any atom is 0.360 e. The second kappa shape index (κ2) is 6.82. The molecule has 1 amide bonds. The van der Waals surface area contributed by atoms with Gasteiger partial charge in [-0.2, -0.15) is 10.2 Å². The van der Waals surface area contributed by atoms with E-state index >= 15 is 0 Å². The van der Waals surface area contributed by atoms with Gasteiger partial charge in [-0.05, 0) is 20.8 Å². The zero-order valence-electron chi connectivity index (χ0n) is 13.3. The van der Waals surface area contributed by atoms with Crippen LogP contribution in [0.2, 0.25) is 5.02 Å². The van der Waals surface area contributed by atoms with E-state index in [1.165, 1.54) is 11.8 Å². The molecule has 0 bridgehead atoms. The smallest absolute Gasteiger partial charge is 0.360 e. The van der Waals surface area contributed by atoms with Crippen LogP contribution >= 0.6 is 11.6 Å². The van der Waals surface area contributed by atoms with E-state index in [1.807, 2.05) is 6.92 Å². The minimum absolute atomic E-state index is 0.0598. The van der Waals surface area contributed by atoms with Crippen molar-refractivity contribution in [3.8, 4) is 0 Å². The summed E-state index contributed by atoms with van der Waals surface area (Å²) in [6, 6.07) is -0.600. The summed E-state index contributed by atoms with van der Waals surface area (Å²) < 4.78 is 7.69. The molecule has 9 heteroatoms. The molecule has 2 aromatic heterocycles. The number of anilines is 1. The van der Waals surface area contributed by atoms with Gasteiger partial charge in [0.1, 0.15) is 6.04 Å². The van der Waals surface area contributed by atoms with Crippen molar-refractivity contribution >= 4 is 29.2 Å². The van der Waals surface area contributed by atoms with Crippen molar-refractivity contribution in [3.05, 3.63) is 28.8 Å². The fourth-order valence-corrected chi connectivity index (χ4v) is 2.08. The number of nitrogens with one attached hydrogen (secondary N) is 1. The number of carbonyl (C=O) groups is 2. The van der Waals surface area contributed by atoms with E-state index in [2.05, 4.69) is 20.3 Å². The van der Waals surface area contributed by atoms with Gasteiger partial charge in [-0.3, -0.25) is 14.2 Å². The van der Waals surface area contributed by atoms with Gasteiger partial charge >= 0.3 is 5.97 Å². The van der Waals surface area contributed by atoms with Crippen LogP contribution in [-0.2, 0) is 16.1 Å². The largest absolute Gasteiger partial charge is 0.464 e. The Kier molecular flexibility index (Phi) is 5.05. The van der Waals surface area contributed by atoms with E-state index < -0.39 is 12.0 Å². The Labute approximate surface area is 138 Å². The minimum atomic E-state index is -0.613. The lowest BCUT2D eigenvalue weighted by molar-refractivity contribution is -0.119. The Morgan fingerprint density at radius 3 is 2.61 bits per heavy atom. The summed E-state index contributed by atoms with van der Waals surface area (Å²) in [6.07, 6.45) is 3.16. The second-order valence-corrected chi connectivity index (χ2v) is 5.35. The third kappa shape index (κ3) is 3.53. The van der Waals surface area contributed by atoms with E-state index in [9.17, 15) is 9.59 Å². The molecule has 23 heavy (non-hydrogen) atoms. The maximum absolute atomic E-state index is 12.4. The first-order valence-corrected chi connectivity index (χ1v) is 7.43. The number of halogens is 1. The Balaban J connectivity index is 2.22. The summed E-state index contributed by atoms with van der Waals surface area (Å²) in [5.74, 6) is -0.955. The lowest BCUT2D eigenvalue weighted by atomic mass is 10.3. The molecule has 0 aliphatic heterocycles. The van der Waals surface area contributed by atoms with Crippen LogP contribution in [0.1, 0.15) is 36.1 Å². The molecule has 0 spiro atoms. The van der Waals surface area contributed by atoms with Crippen molar-refractivity contribution in [1.82, 2.24) is 19.6 Å². The van der Waals surface area contributed by atoms with Gasteiger partial charge in [0.2, 0.25) is 5.91 Å². The molecule has 2 rings (SSSR count). The zero-order chi connectivity index (χ0) is 17.1. The van der Waals surface area contributed by atoms with Gasteiger partial charge < -0.3 is 10.1 Å². The number of nitrogens with zero attached hydrogens (tertiary/aromatic N) is 4. The van der Waals surface area contributed by atoms with E-state index in [4.69, 9.17) is 11.6 Å². The average Bonchev–Trinajstić information content (AvgIpc) is 3.09. The van der Waals surface area contributed by atoms with E-state index in [1.54, 1.807) is 30.9 Å². The molecule has 124 valence electrons. The van der Waals surface area contributed by atoms with Crippen molar-refractivity contribution in [3.63, 3.8) is 0 Å². The van der Waals surface area contributed by atoms with Gasteiger partial charge in [-0.25, -0.2) is 4.79 Å². The molecule has 0 radical (unpaired) electrons. The number of amides is 1. The topological polar surface area (TPSA) is 91.0 Å². The summed E-state index contributed by atoms with van der Waals surface area (Å²) in [5, 5.41) is 11.4. The van der Waals surface area contributed by atoms with Crippen LogP contribution in [0.3, 0.4) is 0 Å². The Morgan fingerprint density at radius 2 is 2.09 bits per heavy atom. The average molecular weight is 340 g/mol. The Hall–Kier alpha value is -2.35. The molecule has 2 aromatic rings. The number of hydrogen-bond acceptors (Lipinski definition) is 5. The molecular formula is C14H18ClN5O3. The molecule has 1 atom stereocenters. The highest BCUT2D eigenvalue weighted by molar-refractivity contribution is 6.31. The van der Waals surface area contributed by atoms with E-state index in [0.717, 1.165) is 0 Å². The Bertz CT molecular complexity index is 717. The quantitative estimate of drug-likeness (QED) is 0.842. The van der Waals surface area contributed by atoms with Gasteiger partial charge in [0.25, 0.3) is 0 Å². The van der Waals surface area contributed by atoms with Crippen LogP contribution in [0.15, 0.2) is 12.4 Å². The molecular weight excluding hydrogens is 322 g/mol. The summed E-state index contributed by atoms with van der Waals surface area (Å²) in [7, 11) is 1.26. The predicted molar refractivity (Wildman–Crippen MR) is 84.6 cm³/mol. The summed E-state index contributed by atoms with van der Waals surface area (Å²) in [4.78, 5) is 24.1. The van der Waals surface area contributed by atoms with Crippen molar-refractivity contribution in [2.75, 3.05) is 12.4 Å². The third-order valence-corrected chi connectivity index (χ3v) is 3.73. The highest BCUT2D eigenvalue weighted by Crippen LogP contribution is 2.19. The van der Waals surface area contributed by atoms with Crippen molar-refractivity contribution < 1.29 is 14.3 Å². The number of aryl methyl sites for hydroxylation is 2. The number of esters is 1. The maximum atomic E-state index is 12.4. The van der Waals surface area contributed by atoms with Crippen LogP contribution < -0.4 is 5.32 Å². The van der Waals surface area contributed by atoms with Gasteiger partial charge in [0.05, 0.1) is 23.5 Å². The second-order valence-electron chi connectivity index (χ2n) is 4.95. The number of aromatic nitrogens is 4. The van der Waals surface area contributed by atoms with Gasteiger partial charge in [-0.15, -0.1) is 0 Å². The summed E-state index contributed by atoms with van der Waals surface area (Å²) >= 11 is 5.96. The molecule has 0 aliphatic rings. The first kappa shape index (κ1) is 17.0. The minimum Gasteiger partial charge on any atom is -0.464 e. The third-order valence-electron chi connectivity index (χ3n) is 3.36. The van der Waals surface area contributed by atoms with E-state index in [-0.39, 0.29) is 11.6 Å². The highest BCUT2D eigenvalue weighted by Gasteiger charge is 2.23. The van der Waals surface area contributed by atoms with Gasteiger partial charge in [0, 0.05) is 18.9 Å². The van der Waals surface area contributed by atoms with Crippen molar-refractivity contribution in [1.29, 1.82) is 0 Å². The number of carbonyl (C=O) groups excluding carboxylic acids is 2. The molecule has 0 fully saturated rings. The van der Waals surface area contributed by atoms with Crippen molar-refractivity contribution in [2.24, 2.45) is 0 Å². The van der Waals surface area contributed by atoms with Crippen LogP contribution in [0.5, 0.6) is 0 Å². The SMILES string of the molecule is CCn1cc(NC(=O)C(C)n2cc(Cl)c(C)n2)c(C(=O)OC)n1. The van der Waals surface area contributed by atoms with Crippen LogP contribution in [0.25, 0.3) is 0 Å². The molecule has 2 heterocycles. The summed E-state index contributed by atoms with van der Waals surface area (Å²) in [5.41, 5.74) is 0.996. The standard InChI is InChI=1S/C14H18ClN5O3/c1-5-19-7-11(12(18-19)14(22)23-4)16-13(21)9(3)20-6-10(15)8(2)17-20/h6-7,9H,5H2,1-4H3,(H,16,21). The predicted octanol–water partition coefficient (Wildman–Crippen LogP) is 2.05. The number of ether oxygens (including phenoxy) is 1. The lowest BCUT2D eigenvalue weighted by Gasteiger charge is -2.12. The molecule has 0 saturated carbocycles. The molecule has 1 N–H and O–H groups in total. The fraction of sp³-hybridized carbons (Fsp3) is 0.429. The summed E-state index contributed by atoms with van der Waals surface area (Å²) in [6.45, 7) is 5.87. The highest BCUT2D eigenvalue weighted by atomic mass is 35.5. The monoisotopic (exact) mass is 339 g/mol. The number of methoxy groups -OCH3 is 1. The number of rotatable bonds is 5. The molecule has 0 aromatic carbocycles. The number of hydrogen-bond donors (Lipinski definition) is 1. The van der Waals surface area contributed by atoms with E-state index in [0.29, 0.717) is 22.9 Å². The molecule has 1 unspecified atom stereocenters. The van der Waals surface area contributed by atoms with Crippen LogP contribution in [0.4, 0.5) is 5.69 Å². The zero-order valence-corrected chi connectivity index (χ0v) is 14.1. The Morgan fingerprint density at radius 1 is 1.39 bits per heavy atom. The van der Waals surface area contributed by atoms with Gasteiger partial charge in [-0.1, -0.05) is 11.6 Å².